The molecule has 1 heterocycles. The van der Waals surface area contributed by atoms with Crippen molar-refractivity contribution in [2.75, 3.05) is 6.61 Å². The molecule has 0 aliphatic carbocycles. The van der Waals surface area contributed by atoms with Crippen molar-refractivity contribution in [3.63, 3.8) is 0 Å². The Bertz CT molecular complexity index is 1550. The Morgan fingerprint density at radius 2 is 1.12 bits per heavy atom. The van der Waals surface area contributed by atoms with Crippen molar-refractivity contribution in [3.8, 4) is 0 Å². The second-order valence-electron chi connectivity index (χ2n) is 10.7. The molecule has 5 nitrogen and oxygen atoms in total. The minimum absolute atomic E-state index is 0.293. The van der Waals surface area contributed by atoms with Crippen molar-refractivity contribution in [1.29, 1.82) is 0 Å². The van der Waals surface area contributed by atoms with Gasteiger partial charge in [-0.1, -0.05) is 133 Å². The summed E-state index contributed by atoms with van der Waals surface area (Å²) < 4.78 is 25.8. The highest BCUT2D eigenvalue weighted by Crippen LogP contribution is 2.37. The first-order valence-corrected chi connectivity index (χ1v) is 15.5. The van der Waals surface area contributed by atoms with Gasteiger partial charge < -0.3 is 24.1 Å². The molecule has 0 amide bonds. The van der Waals surface area contributed by atoms with Crippen molar-refractivity contribution in [3.05, 3.63) is 150 Å². The Labute approximate surface area is 257 Å². The predicted molar refractivity (Wildman–Crippen MR) is 171 cm³/mol. The smallest absolute Gasteiger partial charge is 0.136 e. The predicted octanol–water partition coefficient (Wildman–Crippen LogP) is 7.41. The molecule has 5 aromatic rings. The fourth-order valence-electron chi connectivity index (χ4n) is 5.29. The van der Waals surface area contributed by atoms with Gasteiger partial charge in [0, 0.05) is 4.90 Å². The van der Waals surface area contributed by atoms with E-state index < -0.39 is 29.9 Å². The van der Waals surface area contributed by atoms with Crippen LogP contribution in [0.2, 0.25) is 0 Å². The number of benzene rings is 5. The molecule has 1 fully saturated rings. The summed E-state index contributed by atoms with van der Waals surface area (Å²) in [5.74, 6) is 0. The van der Waals surface area contributed by atoms with E-state index in [2.05, 4.69) is 30.3 Å². The molecule has 1 N–H and O–H groups in total. The zero-order valence-electron chi connectivity index (χ0n) is 23.9. The van der Waals surface area contributed by atoms with Crippen LogP contribution in [0, 0.1) is 0 Å². The molecule has 5 aromatic carbocycles. The molecule has 5 atom stereocenters. The van der Waals surface area contributed by atoms with Gasteiger partial charge in [0.1, 0.15) is 29.9 Å². The second kappa shape index (κ2) is 14.8. The Morgan fingerprint density at radius 1 is 0.581 bits per heavy atom. The Kier molecular flexibility index (Phi) is 10.2. The molecule has 1 aliphatic heterocycles. The summed E-state index contributed by atoms with van der Waals surface area (Å²) in [5.41, 5.74) is 2.57. The second-order valence-corrected chi connectivity index (χ2v) is 11.9. The highest BCUT2D eigenvalue weighted by atomic mass is 32.2. The Morgan fingerprint density at radius 3 is 1.74 bits per heavy atom. The van der Waals surface area contributed by atoms with Gasteiger partial charge in [0.05, 0.1) is 26.4 Å². The Balaban J connectivity index is 1.25. The van der Waals surface area contributed by atoms with E-state index in [-0.39, 0.29) is 0 Å². The topological polar surface area (TPSA) is 57.2 Å². The van der Waals surface area contributed by atoms with Crippen molar-refractivity contribution in [1.82, 2.24) is 0 Å². The minimum Gasteiger partial charge on any atom is -0.387 e. The van der Waals surface area contributed by atoms with E-state index in [0.29, 0.717) is 26.4 Å². The zero-order valence-corrected chi connectivity index (χ0v) is 24.7. The first kappa shape index (κ1) is 29.6. The molecular weight excluding hydrogens is 556 g/mol. The quantitative estimate of drug-likeness (QED) is 0.163. The first-order chi connectivity index (χ1) is 21.2. The van der Waals surface area contributed by atoms with E-state index in [1.54, 1.807) is 0 Å². The van der Waals surface area contributed by atoms with E-state index in [9.17, 15) is 5.11 Å². The molecule has 0 saturated carbocycles. The lowest BCUT2D eigenvalue weighted by Crippen LogP contribution is -2.59. The lowest BCUT2D eigenvalue weighted by atomic mass is 9.99. The number of fused-ring (bicyclic) bond motifs is 1. The van der Waals surface area contributed by atoms with E-state index in [0.717, 1.165) is 27.0 Å². The van der Waals surface area contributed by atoms with Gasteiger partial charge in [-0.3, -0.25) is 0 Å². The fourth-order valence-corrected chi connectivity index (χ4v) is 6.40. The molecule has 43 heavy (non-hydrogen) atoms. The third kappa shape index (κ3) is 7.92. The average molecular weight is 593 g/mol. The maximum absolute atomic E-state index is 11.8. The lowest BCUT2D eigenvalue weighted by molar-refractivity contribution is -0.243. The summed E-state index contributed by atoms with van der Waals surface area (Å²) in [4.78, 5) is 1.01. The SMILES string of the molecule is O[C@@H]1[C@@H](OCc2ccccc2)[C@H](OCc2ccccc2)[C@@H](COCc2ccccc2)O[C@H]1Sc1ccc2ccccc2c1. The number of ether oxygens (including phenoxy) is 4. The maximum Gasteiger partial charge on any atom is 0.136 e. The molecule has 0 aromatic heterocycles. The highest BCUT2D eigenvalue weighted by molar-refractivity contribution is 7.99. The van der Waals surface area contributed by atoms with Crippen LogP contribution in [0.5, 0.6) is 0 Å². The lowest BCUT2D eigenvalue weighted by Gasteiger charge is -2.44. The number of aliphatic hydroxyl groups is 1. The Hall–Kier alpha value is -3.49. The maximum atomic E-state index is 11.8. The summed E-state index contributed by atoms with van der Waals surface area (Å²) in [6, 6.07) is 44.7. The molecule has 0 bridgehead atoms. The van der Waals surface area contributed by atoms with Crippen molar-refractivity contribution in [2.45, 2.75) is 54.6 Å². The van der Waals surface area contributed by atoms with Crippen LogP contribution in [-0.2, 0) is 38.8 Å². The third-order valence-corrected chi connectivity index (χ3v) is 8.70. The van der Waals surface area contributed by atoms with Gasteiger partial charge in [0.15, 0.2) is 0 Å². The average Bonchev–Trinajstić information content (AvgIpc) is 3.06. The van der Waals surface area contributed by atoms with Crippen LogP contribution < -0.4 is 0 Å². The highest BCUT2D eigenvalue weighted by Gasteiger charge is 2.47. The number of hydrogen-bond donors (Lipinski definition) is 1. The van der Waals surface area contributed by atoms with Gasteiger partial charge in [-0.2, -0.15) is 0 Å². The summed E-state index contributed by atoms with van der Waals surface area (Å²) in [6.45, 7) is 1.46. The summed E-state index contributed by atoms with van der Waals surface area (Å²) >= 11 is 1.50. The van der Waals surface area contributed by atoms with Crippen molar-refractivity contribution in [2.24, 2.45) is 0 Å². The standard InChI is InChI=1S/C37H36O5S/c38-34-36(41-25-29-16-8-3-9-17-29)35(40-24-28-14-6-2-7-15-28)33(26-39-23-27-12-4-1-5-13-27)42-37(34)43-32-21-20-30-18-10-11-19-31(30)22-32/h1-22,33-38H,23-26H2/t33-,34-,35-,36-,37+/m1/s1. The van der Waals surface area contributed by atoms with E-state index in [1.807, 2.05) is 103 Å². The van der Waals surface area contributed by atoms with Crippen molar-refractivity contribution < 1.29 is 24.1 Å². The van der Waals surface area contributed by atoms with E-state index in [4.69, 9.17) is 18.9 Å². The fraction of sp³-hybridized carbons (Fsp3) is 0.243. The molecule has 0 unspecified atom stereocenters. The number of hydrogen-bond acceptors (Lipinski definition) is 6. The summed E-state index contributed by atoms with van der Waals surface area (Å²) in [7, 11) is 0. The minimum atomic E-state index is -0.939. The van der Waals surface area contributed by atoms with Crippen LogP contribution in [0.25, 0.3) is 10.8 Å². The summed E-state index contributed by atoms with van der Waals surface area (Å²) in [6.07, 6.45) is -2.59. The van der Waals surface area contributed by atoms with Crippen LogP contribution in [0.15, 0.2) is 138 Å². The van der Waals surface area contributed by atoms with E-state index >= 15 is 0 Å². The molecule has 0 spiro atoms. The third-order valence-electron chi connectivity index (χ3n) is 7.55. The van der Waals surface area contributed by atoms with Gasteiger partial charge >= 0.3 is 0 Å². The van der Waals surface area contributed by atoms with Crippen LogP contribution in [0.3, 0.4) is 0 Å². The van der Waals surface area contributed by atoms with Gasteiger partial charge in [-0.25, -0.2) is 0 Å². The molecule has 1 saturated heterocycles. The molecule has 0 radical (unpaired) electrons. The molecule has 6 heteroatoms. The van der Waals surface area contributed by atoms with E-state index in [1.165, 1.54) is 17.1 Å². The summed E-state index contributed by atoms with van der Waals surface area (Å²) in [5, 5.41) is 14.1. The van der Waals surface area contributed by atoms with Crippen LogP contribution >= 0.6 is 11.8 Å². The van der Waals surface area contributed by atoms with Gasteiger partial charge in [-0.05, 0) is 39.6 Å². The molecular formula is C37H36O5S. The molecule has 220 valence electrons. The monoisotopic (exact) mass is 592 g/mol. The zero-order chi connectivity index (χ0) is 29.3. The van der Waals surface area contributed by atoms with Crippen LogP contribution in [0.1, 0.15) is 16.7 Å². The largest absolute Gasteiger partial charge is 0.387 e. The van der Waals surface area contributed by atoms with Gasteiger partial charge in [0.25, 0.3) is 0 Å². The number of thioether (sulfide) groups is 1. The van der Waals surface area contributed by atoms with Gasteiger partial charge in [0.2, 0.25) is 0 Å². The molecule has 1 aliphatic rings. The normalized spacial score (nSPS) is 22.0. The van der Waals surface area contributed by atoms with Gasteiger partial charge in [-0.15, -0.1) is 0 Å². The van der Waals surface area contributed by atoms with Crippen LogP contribution in [-0.4, -0.2) is 41.6 Å². The first-order valence-electron chi connectivity index (χ1n) is 14.6. The number of rotatable bonds is 12. The number of aliphatic hydroxyl groups excluding tert-OH is 1. The molecule has 6 rings (SSSR count). The van der Waals surface area contributed by atoms with Crippen molar-refractivity contribution >= 4 is 22.5 Å². The van der Waals surface area contributed by atoms with Crippen LogP contribution in [0.4, 0.5) is 0 Å².